The van der Waals surface area contributed by atoms with E-state index in [1.54, 1.807) is 35.5 Å². The number of anilines is 2. The van der Waals surface area contributed by atoms with Crippen molar-refractivity contribution in [2.24, 2.45) is 0 Å². The van der Waals surface area contributed by atoms with E-state index in [0.717, 1.165) is 23.5 Å². The monoisotopic (exact) mass is 794 g/mol. The van der Waals surface area contributed by atoms with Gasteiger partial charge in [-0.15, -0.1) is 0 Å². The number of alkyl halides is 6. The number of carbonyl (C=O) groups is 3. The number of benzene rings is 2. The number of rotatable bonds is 4. The van der Waals surface area contributed by atoms with Crippen molar-refractivity contribution in [2.75, 3.05) is 49.1 Å². The van der Waals surface area contributed by atoms with E-state index >= 15 is 0 Å². The van der Waals surface area contributed by atoms with Gasteiger partial charge in [0.1, 0.15) is 5.60 Å². The van der Waals surface area contributed by atoms with Crippen LogP contribution in [0.25, 0.3) is 0 Å². The molecule has 1 N–H and O–H groups in total. The van der Waals surface area contributed by atoms with E-state index in [-0.39, 0.29) is 71.8 Å². The van der Waals surface area contributed by atoms with Gasteiger partial charge in [-0.3, -0.25) is 9.80 Å². The lowest BCUT2D eigenvalue weighted by atomic mass is 10.1. The highest BCUT2D eigenvalue weighted by atomic mass is 35.5. The minimum Gasteiger partial charge on any atom is -0.444 e. The zero-order valence-corrected chi connectivity index (χ0v) is 31.3. The van der Waals surface area contributed by atoms with Crippen molar-refractivity contribution in [3.05, 3.63) is 57.6 Å². The van der Waals surface area contributed by atoms with Crippen molar-refractivity contribution in [1.29, 1.82) is 0 Å². The highest BCUT2D eigenvalue weighted by molar-refractivity contribution is 6.31. The second-order valence-corrected chi connectivity index (χ2v) is 15.3. The average molecular weight is 796 g/mol. The number of amides is 5. The van der Waals surface area contributed by atoms with Crippen LogP contribution in [0.1, 0.15) is 58.6 Å². The topological polar surface area (TPSA) is 88.7 Å². The van der Waals surface area contributed by atoms with Crippen LogP contribution in [-0.2, 0) is 17.1 Å². The second kappa shape index (κ2) is 15.2. The van der Waals surface area contributed by atoms with E-state index in [0.29, 0.717) is 19.5 Å². The molecule has 0 spiro atoms. The molecule has 292 valence electrons. The molecule has 4 aliphatic heterocycles. The lowest BCUT2D eigenvalue weighted by Gasteiger charge is -2.42. The number of urea groups is 2. The van der Waals surface area contributed by atoms with Crippen LogP contribution in [0.2, 0.25) is 10.0 Å². The summed E-state index contributed by atoms with van der Waals surface area (Å²) in [6.07, 6.45) is -8.25. The molecule has 0 radical (unpaired) electrons. The summed E-state index contributed by atoms with van der Waals surface area (Å²) in [7, 11) is 0. The first-order chi connectivity index (χ1) is 24.6. The van der Waals surface area contributed by atoms with Gasteiger partial charge < -0.3 is 24.8 Å². The largest absolute Gasteiger partial charge is 0.444 e. The molecule has 18 heteroatoms. The van der Waals surface area contributed by atoms with Crippen molar-refractivity contribution in [3.8, 4) is 0 Å². The molecule has 2 aromatic carbocycles. The molecule has 4 fully saturated rings. The summed E-state index contributed by atoms with van der Waals surface area (Å²) in [5.74, 6) is 0. The van der Waals surface area contributed by atoms with Gasteiger partial charge in [0, 0.05) is 55.4 Å². The lowest BCUT2D eigenvalue weighted by Crippen LogP contribution is -2.59. The number of carbonyl (C=O) groups excluding carboxylic acids is 3. The fourth-order valence-corrected chi connectivity index (χ4v) is 7.34. The van der Waals surface area contributed by atoms with Gasteiger partial charge in [0.15, 0.2) is 0 Å². The maximum Gasteiger partial charge on any atom is 0.418 e. The summed E-state index contributed by atoms with van der Waals surface area (Å²) in [6, 6.07) is 5.39. The average Bonchev–Trinajstić information content (AvgIpc) is 3.57. The van der Waals surface area contributed by atoms with Gasteiger partial charge in [-0.25, -0.2) is 14.4 Å². The van der Waals surface area contributed by atoms with Crippen molar-refractivity contribution >= 4 is 52.7 Å². The number of hydrogen-bond acceptors (Lipinski definition) is 5. The maximum atomic E-state index is 13.5. The normalized spacial score (nSPS) is 23.5. The van der Waals surface area contributed by atoms with Crippen LogP contribution in [0.5, 0.6) is 0 Å². The van der Waals surface area contributed by atoms with Crippen LogP contribution in [0.4, 0.5) is 52.1 Å². The van der Waals surface area contributed by atoms with Crippen LogP contribution in [-0.4, -0.2) is 102 Å². The van der Waals surface area contributed by atoms with E-state index in [1.807, 2.05) is 13.8 Å². The van der Waals surface area contributed by atoms with Crippen LogP contribution in [0.15, 0.2) is 36.4 Å². The van der Waals surface area contributed by atoms with Crippen LogP contribution < -0.4 is 15.1 Å². The zero-order chi connectivity index (χ0) is 39.2. The molecule has 4 atom stereocenters. The quantitative estimate of drug-likeness (QED) is 0.315. The fraction of sp³-hybridized carbons (Fsp3) is 0.571. The van der Waals surface area contributed by atoms with Crippen molar-refractivity contribution in [1.82, 2.24) is 20.0 Å². The smallest absolute Gasteiger partial charge is 0.418 e. The van der Waals surface area contributed by atoms with Gasteiger partial charge in [-0.1, -0.05) is 37.0 Å². The molecule has 0 aromatic heterocycles. The molecule has 6 rings (SSSR count). The lowest BCUT2D eigenvalue weighted by molar-refractivity contribution is -0.137. The number of ether oxygens (including phenoxy) is 1. The molecule has 0 aliphatic carbocycles. The second-order valence-electron chi connectivity index (χ2n) is 14.4. The third kappa shape index (κ3) is 8.86. The Morgan fingerprint density at radius 3 is 1.70 bits per heavy atom. The number of nitrogens with one attached hydrogen (secondary N) is 1. The number of nitrogens with zero attached hydrogens (tertiary/aromatic N) is 5. The van der Waals surface area contributed by atoms with Gasteiger partial charge in [-0.05, 0) is 70.0 Å². The fourth-order valence-electron chi connectivity index (χ4n) is 7.00. The molecule has 5 amide bonds. The first kappa shape index (κ1) is 40.6. The Morgan fingerprint density at radius 2 is 1.25 bits per heavy atom. The van der Waals surface area contributed by atoms with Crippen molar-refractivity contribution in [3.63, 3.8) is 0 Å². The summed E-state index contributed by atoms with van der Waals surface area (Å²) in [4.78, 5) is 45.4. The minimum atomic E-state index is -4.65. The SMILES string of the molecule is CC[C@@H]1CN2C(=O)N(c3ccc(Cl)cc3C(F)(F)F)C[C@@H]2CN1.CC[C@@H]1CN2C(=O)N(c3ccc(Cl)cc3C(F)(F)F)C[C@@H]2CN1C(=O)OC(C)(C)C. The van der Waals surface area contributed by atoms with Gasteiger partial charge in [0.05, 0.1) is 40.6 Å². The molecule has 4 saturated heterocycles. The molecule has 4 heterocycles. The highest BCUT2D eigenvalue weighted by Crippen LogP contribution is 2.42. The van der Waals surface area contributed by atoms with Crippen molar-refractivity contribution < 1.29 is 45.5 Å². The Balaban J connectivity index is 0.000000211. The van der Waals surface area contributed by atoms with E-state index in [9.17, 15) is 40.7 Å². The van der Waals surface area contributed by atoms with E-state index in [2.05, 4.69) is 5.32 Å². The van der Waals surface area contributed by atoms with Gasteiger partial charge in [-0.2, -0.15) is 26.3 Å². The number of fused-ring (bicyclic) bond motifs is 2. The summed E-state index contributed by atoms with van der Waals surface area (Å²) in [6.45, 7) is 11.0. The molecular weight excluding hydrogens is 753 g/mol. The first-order valence-electron chi connectivity index (χ1n) is 17.3. The number of halogens is 8. The van der Waals surface area contributed by atoms with E-state index in [1.165, 1.54) is 29.2 Å². The predicted molar refractivity (Wildman–Crippen MR) is 188 cm³/mol. The molecule has 0 bridgehead atoms. The van der Waals surface area contributed by atoms with Crippen LogP contribution >= 0.6 is 23.2 Å². The highest BCUT2D eigenvalue weighted by Gasteiger charge is 2.48. The third-order valence-corrected chi connectivity index (χ3v) is 10.1. The molecular formula is C35H42Cl2F6N6O4. The summed E-state index contributed by atoms with van der Waals surface area (Å²) < 4.78 is 85.9. The first-order valence-corrected chi connectivity index (χ1v) is 18.0. The number of piperazine rings is 2. The standard InChI is InChI=1S/C20H25ClF3N3O3.C15H17ClF3N3O/c1-5-13-9-25-14(10-26(13)18(29)30-19(2,3)4)11-27(17(25)28)16-7-6-12(21)8-15(16)20(22,23)24;1-2-10-7-21-11(6-20-10)8-22(14(21)23)13-4-3-9(16)5-12(13)15(17,18)19/h6-8,13-14H,5,9-11H2,1-4H3;3-5,10-11,20H,2,6-8H2,1H3/t13-,14+;10-,11+/m11/s1. The number of hydrogen-bond donors (Lipinski definition) is 1. The van der Waals surface area contributed by atoms with Crippen LogP contribution in [0, 0.1) is 0 Å². The van der Waals surface area contributed by atoms with Gasteiger partial charge in [0.25, 0.3) is 0 Å². The summed E-state index contributed by atoms with van der Waals surface area (Å²) in [5, 5.41) is 3.26. The minimum absolute atomic E-state index is 0.00171. The molecule has 0 saturated carbocycles. The Bertz CT molecular complexity index is 1710. The van der Waals surface area contributed by atoms with Crippen LogP contribution in [0.3, 0.4) is 0 Å². The third-order valence-electron chi connectivity index (χ3n) is 9.64. The van der Waals surface area contributed by atoms with Gasteiger partial charge >= 0.3 is 30.5 Å². The molecule has 53 heavy (non-hydrogen) atoms. The summed E-state index contributed by atoms with van der Waals surface area (Å²) >= 11 is 11.5. The van der Waals surface area contributed by atoms with E-state index < -0.39 is 47.2 Å². The zero-order valence-electron chi connectivity index (χ0n) is 29.8. The molecule has 0 unspecified atom stereocenters. The Kier molecular flexibility index (Phi) is 11.7. The molecule has 2 aromatic rings. The Morgan fingerprint density at radius 1 is 0.755 bits per heavy atom. The molecule has 4 aliphatic rings. The summed E-state index contributed by atoms with van der Waals surface area (Å²) in [5.41, 5.74) is -2.87. The van der Waals surface area contributed by atoms with Gasteiger partial charge in [0.2, 0.25) is 0 Å². The predicted octanol–water partition coefficient (Wildman–Crippen LogP) is 8.35. The maximum absolute atomic E-state index is 13.5. The van der Waals surface area contributed by atoms with Crippen molar-refractivity contribution in [2.45, 2.75) is 89.6 Å². The Labute approximate surface area is 313 Å². The van der Waals surface area contributed by atoms with E-state index in [4.69, 9.17) is 27.9 Å². The Hall–Kier alpha value is -3.63. The molecule has 10 nitrogen and oxygen atoms in total.